The van der Waals surface area contributed by atoms with Crippen LogP contribution >= 0.6 is 11.6 Å². The third-order valence-corrected chi connectivity index (χ3v) is 3.45. The van der Waals surface area contributed by atoms with Crippen molar-refractivity contribution in [3.8, 4) is 0 Å². The summed E-state index contributed by atoms with van der Waals surface area (Å²) in [6.07, 6.45) is 4.97. The summed E-state index contributed by atoms with van der Waals surface area (Å²) in [6, 6.07) is 16.7. The molecule has 22 heavy (non-hydrogen) atoms. The first-order valence-electron chi connectivity index (χ1n) is 6.81. The summed E-state index contributed by atoms with van der Waals surface area (Å²) in [5.41, 5.74) is 2.51. The van der Waals surface area contributed by atoms with Gasteiger partial charge < -0.3 is 5.32 Å². The van der Waals surface area contributed by atoms with E-state index in [1.807, 2.05) is 42.5 Å². The van der Waals surface area contributed by atoms with Gasteiger partial charge in [-0.2, -0.15) is 0 Å². The van der Waals surface area contributed by atoms with E-state index in [2.05, 4.69) is 10.3 Å². The van der Waals surface area contributed by atoms with Crippen LogP contribution in [-0.2, 0) is 4.79 Å². The number of nitrogens with one attached hydrogen (secondary N) is 1. The molecular formula is C18H13ClN2O. The maximum absolute atomic E-state index is 12.1. The Balaban J connectivity index is 1.77. The molecule has 0 atom stereocenters. The first kappa shape index (κ1) is 14.3. The van der Waals surface area contributed by atoms with Crippen molar-refractivity contribution in [2.45, 2.75) is 0 Å². The van der Waals surface area contributed by atoms with Crippen LogP contribution in [0.5, 0.6) is 0 Å². The number of anilines is 1. The molecule has 0 fully saturated rings. The second kappa shape index (κ2) is 6.41. The summed E-state index contributed by atoms with van der Waals surface area (Å²) in [5.74, 6) is -0.189. The van der Waals surface area contributed by atoms with E-state index in [-0.39, 0.29) is 5.91 Å². The number of amides is 1. The molecule has 1 N–H and O–H groups in total. The van der Waals surface area contributed by atoms with Gasteiger partial charge in [0.15, 0.2) is 0 Å². The minimum absolute atomic E-state index is 0.189. The Hall–Kier alpha value is -2.65. The molecule has 0 spiro atoms. The number of benzene rings is 2. The number of hydrogen-bond acceptors (Lipinski definition) is 2. The zero-order valence-electron chi connectivity index (χ0n) is 11.7. The smallest absolute Gasteiger partial charge is 0.248 e. The first-order chi connectivity index (χ1) is 10.7. The molecule has 0 aliphatic rings. The molecule has 3 rings (SSSR count). The van der Waals surface area contributed by atoms with E-state index in [0.717, 1.165) is 22.2 Å². The third-order valence-electron chi connectivity index (χ3n) is 3.20. The van der Waals surface area contributed by atoms with Crippen LogP contribution < -0.4 is 5.32 Å². The van der Waals surface area contributed by atoms with E-state index in [1.54, 1.807) is 24.4 Å². The Morgan fingerprint density at radius 1 is 1.05 bits per heavy atom. The fourth-order valence-electron chi connectivity index (χ4n) is 2.13. The van der Waals surface area contributed by atoms with Gasteiger partial charge in [0.05, 0.1) is 11.2 Å². The Kier molecular flexibility index (Phi) is 4.17. The van der Waals surface area contributed by atoms with Gasteiger partial charge in [0.25, 0.3) is 0 Å². The number of aromatic nitrogens is 1. The fourth-order valence-corrected chi connectivity index (χ4v) is 2.26. The Morgan fingerprint density at radius 2 is 1.86 bits per heavy atom. The molecule has 108 valence electrons. The molecule has 1 heterocycles. The molecule has 3 nitrogen and oxygen atoms in total. The van der Waals surface area contributed by atoms with Gasteiger partial charge in [-0.05, 0) is 48.0 Å². The van der Waals surface area contributed by atoms with Crippen molar-refractivity contribution in [1.29, 1.82) is 0 Å². The number of carbonyl (C=O) groups is 1. The zero-order chi connectivity index (χ0) is 15.4. The van der Waals surface area contributed by atoms with Gasteiger partial charge in [-0.25, -0.2) is 0 Å². The summed E-state index contributed by atoms with van der Waals surface area (Å²) in [5, 5.41) is 4.46. The Labute approximate surface area is 133 Å². The second-order valence-corrected chi connectivity index (χ2v) is 5.19. The van der Waals surface area contributed by atoms with Gasteiger partial charge in [0.1, 0.15) is 0 Å². The number of carbonyl (C=O) groups excluding carboxylic acids is 1. The fraction of sp³-hybridized carbons (Fsp3) is 0. The lowest BCUT2D eigenvalue weighted by Gasteiger charge is -2.06. The number of rotatable bonds is 3. The summed E-state index contributed by atoms with van der Waals surface area (Å²) >= 11 is 5.83. The van der Waals surface area contributed by atoms with Crippen LogP contribution in [0.4, 0.5) is 5.69 Å². The molecule has 0 bridgehead atoms. The average molecular weight is 309 g/mol. The third kappa shape index (κ3) is 3.32. The van der Waals surface area contributed by atoms with Gasteiger partial charge in [0.2, 0.25) is 5.91 Å². The number of fused-ring (bicyclic) bond motifs is 1. The van der Waals surface area contributed by atoms with Crippen LogP contribution in [0.25, 0.3) is 17.0 Å². The van der Waals surface area contributed by atoms with Crippen molar-refractivity contribution in [3.05, 3.63) is 77.5 Å². The van der Waals surface area contributed by atoms with Crippen molar-refractivity contribution in [2.75, 3.05) is 5.32 Å². The Morgan fingerprint density at radius 3 is 2.68 bits per heavy atom. The maximum atomic E-state index is 12.1. The zero-order valence-corrected chi connectivity index (χ0v) is 12.4. The van der Waals surface area contributed by atoms with Crippen molar-refractivity contribution < 1.29 is 4.79 Å². The van der Waals surface area contributed by atoms with Gasteiger partial charge in [-0.3, -0.25) is 9.78 Å². The van der Waals surface area contributed by atoms with Crippen molar-refractivity contribution >= 4 is 40.2 Å². The highest BCUT2D eigenvalue weighted by Crippen LogP contribution is 2.21. The van der Waals surface area contributed by atoms with Crippen molar-refractivity contribution in [2.24, 2.45) is 0 Å². The predicted molar refractivity (Wildman–Crippen MR) is 90.9 cm³/mol. The molecule has 0 aliphatic carbocycles. The first-order valence-corrected chi connectivity index (χ1v) is 7.18. The molecule has 0 aliphatic heterocycles. The highest BCUT2D eigenvalue weighted by Gasteiger charge is 2.03. The van der Waals surface area contributed by atoms with E-state index in [1.165, 1.54) is 6.08 Å². The largest absolute Gasteiger partial charge is 0.322 e. The van der Waals surface area contributed by atoms with Crippen LogP contribution in [0, 0.1) is 0 Å². The number of hydrogen-bond donors (Lipinski definition) is 1. The number of halogens is 1. The van der Waals surface area contributed by atoms with E-state index in [4.69, 9.17) is 11.6 Å². The molecule has 0 saturated heterocycles. The minimum atomic E-state index is -0.189. The van der Waals surface area contributed by atoms with Gasteiger partial charge in [-0.1, -0.05) is 29.8 Å². The second-order valence-electron chi connectivity index (χ2n) is 4.75. The topological polar surface area (TPSA) is 42.0 Å². The SMILES string of the molecule is O=C(C=Cc1ccc(Cl)cc1)Nc1cccc2ncccc12. The van der Waals surface area contributed by atoms with Crippen LogP contribution in [0.3, 0.4) is 0 Å². The summed E-state index contributed by atoms with van der Waals surface area (Å²) < 4.78 is 0. The predicted octanol–water partition coefficient (Wildman–Crippen LogP) is 4.54. The lowest BCUT2D eigenvalue weighted by atomic mass is 10.1. The monoisotopic (exact) mass is 308 g/mol. The van der Waals surface area contributed by atoms with Crippen LogP contribution in [-0.4, -0.2) is 10.9 Å². The van der Waals surface area contributed by atoms with E-state index < -0.39 is 0 Å². The normalized spacial score (nSPS) is 11.0. The van der Waals surface area contributed by atoms with E-state index >= 15 is 0 Å². The average Bonchev–Trinajstić information content (AvgIpc) is 2.55. The van der Waals surface area contributed by atoms with Crippen molar-refractivity contribution in [3.63, 3.8) is 0 Å². The van der Waals surface area contributed by atoms with Crippen LogP contribution in [0.15, 0.2) is 66.9 Å². The molecule has 0 saturated carbocycles. The van der Waals surface area contributed by atoms with Crippen molar-refractivity contribution in [1.82, 2.24) is 4.98 Å². The minimum Gasteiger partial charge on any atom is -0.322 e. The summed E-state index contributed by atoms with van der Waals surface area (Å²) in [6.45, 7) is 0. The molecule has 4 heteroatoms. The number of pyridine rings is 1. The molecule has 0 unspecified atom stereocenters. The molecule has 3 aromatic rings. The van der Waals surface area contributed by atoms with Gasteiger partial charge >= 0.3 is 0 Å². The highest BCUT2D eigenvalue weighted by atomic mass is 35.5. The Bertz CT molecular complexity index is 836. The molecule has 1 aromatic heterocycles. The van der Waals surface area contributed by atoms with Crippen LogP contribution in [0.1, 0.15) is 5.56 Å². The maximum Gasteiger partial charge on any atom is 0.248 e. The standard InChI is InChI=1S/C18H13ClN2O/c19-14-9-6-13(7-10-14)8-11-18(22)21-17-5-1-4-16-15(17)3-2-12-20-16/h1-12H,(H,21,22). The van der Waals surface area contributed by atoms with Gasteiger partial charge in [-0.15, -0.1) is 0 Å². The van der Waals surface area contributed by atoms with E-state index in [9.17, 15) is 4.79 Å². The quantitative estimate of drug-likeness (QED) is 0.722. The molecule has 2 aromatic carbocycles. The van der Waals surface area contributed by atoms with E-state index in [0.29, 0.717) is 5.02 Å². The molecule has 0 radical (unpaired) electrons. The summed E-state index contributed by atoms with van der Waals surface area (Å²) in [4.78, 5) is 16.3. The lowest BCUT2D eigenvalue weighted by molar-refractivity contribution is -0.111. The highest BCUT2D eigenvalue weighted by molar-refractivity contribution is 6.30. The summed E-state index contributed by atoms with van der Waals surface area (Å²) in [7, 11) is 0. The molecule has 1 amide bonds. The lowest BCUT2D eigenvalue weighted by Crippen LogP contribution is -2.08. The van der Waals surface area contributed by atoms with Gasteiger partial charge in [0, 0.05) is 22.7 Å². The van der Waals surface area contributed by atoms with Crippen LogP contribution in [0.2, 0.25) is 5.02 Å². The number of nitrogens with zero attached hydrogens (tertiary/aromatic N) is 1. The molecular weight excluding hydrogens is 296 g/mol.